The van der Waals surface area contributed by atoms with Crippen LogP contribution >= 0.6 is 11.8 Å². The van der Waals surface area contributed by atoms with Crippen LogP contribution in [0.1, 0.15) is 11.6 Å². The van der Waals surface area contributed by atoms with Crippen molar-refractivity contribution in [2.45, 2.75) is 6.04 Å². The Hall–Kier alpha value is -1.07. The van der Waals surface area contributed by atoms with Crippen molar-refractivity contribution in [3.8, 4) is 0 Å². The van der Waals surface area contributed by atoms with Crippen molar-refractivity contribution in [3.63, 3.8) is 0 Å². The first-order chi connectivity index (χ1) is 9.09. The van der Waals surface area contributed by atoms with E-state index < -0.39 is 6.04 Å². The van der Waals surface area contributed by atoms with Gasteiger partial charge >= 0.3 is 0 Å². The fourth-order valence-electron chi connectivity index (χ4n) is 2.29. The zero-order valence-electron chi connectivity index (χ0n) is 11.3. The Kier molecular flexibility index (Phi) is 4.82. The second kappa shape index (κ2) is 6.39. The van der Waals surface area contributed by atoms with Gasteiger partial charge in [0, 0.05) is 24.6 Å². The average Bonchev–Trinajstić information content (AvgIpc) is 2.39. The van der Waals surface area contributed by atoms with E-state index in [1.54, 1.807) is 6.07 Å². The van der Waals surface area contributed by atoms with Crippen LogP contribution in [0, 0.1) is 5.82 Å². The molecule has 0 radical (unpaired) electrons. The minimum Gasteiger partial charge on any atom is -0.339 e. The van der Waals surface area contributed by atoms with Crippen LogP contribution in [0.25, 0.3) is 0 Å². The van der Waals surface area contributed by atoms with E-state index in [-0.39, 0.29) is 11.7 Å². The summed E-state index contributed by atoms with van der Waals surface area (Å²) in [7, 11) is 3.71. The molecule has 3 nitrogen and oxygen atoms in total. The maximum absolute atomic E-state index is 13.3. The zero-order chi connectivity index (χ0) is 13.8. The summed E-state index contributed by atoms with van der Waals surface area (Å²) in [6.45, 7) is 1.56. The number of halogens is 1. The van der Waals surface area contributed by atoms with E-state index in [0.717, 1.165) is 24.6 Å². The molecule has 2 rings (SSSR count). The second-order valence-corrected chi connectivity index (χ2v) is 6.08. The van der Waals surface area contributed by atoms with Crippen LogP contribution in [0.15, 0.2) is 24.3 Å². The molecule has 1 amide bonds. The highest BCUT2D eigenvalue weighted by Gasteiger charge is 2.28. The third-order valence-electron chi connectivity index (χ3n) is 3.24. The molecule has 1 aliphatic rings. The van der Waals surface area contributed by atoms with Crippen molar-refractivity contribution in [1.29, 1.82) is 0 Å². The standard InChI is InChI=1S/C14H19FN2OS/c1-16(2)13(11-4-3-5-12(15)10-11)14(18)17-6-8-19-9-7-17/h3-5,10,13H,6-9H2,1-2H3/t13-/m1/s1. The Balaban J connectivity index is 2.22. The van der Waals surface area contributed by atoms with Crippen molar-refractivity contribution in [1.82, 2.24) is 9.80 Å². The summed E-state index contributed by atoms with van der Waals surface area (Å²) in [4.78, 5) is 16.3. The summed E-state index contributed by atoms with van der Waals surface area (Å²) in [5.74, 6) is 1.73. The first kappa shape index (κ1) is 14.3. The highest BCUT2D eigenvalue weighted by atomic mass is 32.2. The van der Waals surface area contributed by atoms with E-state index >= 15 is 0 Å². The highest BCUT2D eigenvalue weighted by Crippen LogP contribution is 2.23. The third-order valence-corrected chi connectivity index (χ3v) is 4.18. The van der Waals surface area contributed by atoms with Gasteiger partial charge in [-0.3, -0.25) is 9.69 Å². The van der Waals surface area contributed by atoms with Gasteiger partial charge in [0.2, 0.25) is 5.91 Å². The molecule has 104 valence electrons. The largest absolute Gasteiger partial charge is 0.339 e. The molecule has 0 spiro atoms. The van der Waals surface area contributed by atoms with Crippen LogP contribution in [-0.4, -0.2) is 54.4 Å². The Bertz CT molecular complexity index is 447. The molecule has 0 bridgehead atoms. The Morgan fingerprint density at radius 1 is 1.37 bits per heavy atom. The molecule has 1 aromatic carbocycles. The summed E-state index contributed by atoms with van der Waals surface area (Å²) in [6, 6.07) is 5.91. The first-order valence-electron chi connectivity index (χ1n) is 6.38. The van der Waals surface area contributed by atoms with Crippen molar-refractivity contribution in [2.75, 3.05) is 38.7 Å². The molecular formula is C14H19FN2OS. The van der Waals surface area contributed by atoms with Gasteiger partial charge in [-0.05, 0) is 31.8 Å². The van der Waals surface area contributed by atoms with Crippen molar-refractivity contribution >= 4 is 17.7 Å². The van der Waals surface area contributed by atoms with Gasteiger partial charge in [-0.1, -0.05) is 12.1 Å². The third kappa shape index (κ3) is 3.48. The SMILES string of the molecule is CN(C)[C@@H](C(=O)N1CCSCC1)c1cccc(F)c1. The van der Waals surface area contributed by atoms with Crippen molar-refractivity contribution in [3.05, 3.63) is 35.6 Å². The fraction of sp³-hybridized carbons (Fsp3) is 0.500. The molecule has 5 heteroatoms. The molecule has 0 aromatic heterocycles. The Labute approximate surface area is 117 Å². The van der Waals surface area contributed by atoms with Gasteiger partial charge < -0.3 is 4.90 Å². The van der Waals surface area contributed by atoms with Gasteiger partial charge in [0.25, 0.3) is 0 Å². The number of carbonyl (C=O) groups excluding carboxylic acids is 1. The molecule has 1 atom stereocenters. The van der Waals surface area contributed by atoms with Crippen LogP contribution in [0.4, 0.5) is 4.39 Å². The molecule has 1 fully saturated rings. The second-order valence-electron chi connectivity index (χ2n) is 4.86. The number of nitrogens with zero attached hydrogens (tertiary/aromatic N) is 2. The van der Waals surface area contributed by atoms with Gasteiger partial charge in [0.1, 0.15) is 11.9 Å². The molecule has 0 aliphatic carbocycles. The van der Waals surface area contributed by atoms with E-state index in [1.165, 1.54) is 12.1 Å². The molecule has 19 heavy (non-hydrogen) atoms. The molecule has 1 saturated heterocycles. The van der Waals surface area contributed by atoms with E-state index in [9.17, 15) is 9.18 Å². The quantitative estimate of drug-likeness (QED) is 0.847. The lowest BCUT2D eigenvalue weighted by molar-refractivity contribution is -0.136. The number of rotatable bonds is 3. The minimum absolute atomic E-state index is 0.0656. The number of benzene rings is 1. The van der Waals surface area contributed by atoms with Crippen LogP contribution in [0.3, 0.4) is 0 Å². The smallest absolute Gasteiger partial charge is 0.244 e. The predicted molar refractivity (Wildman–Crippen MR) is 76.7 cm³/mol. The minimum atomic E-state index is -0.404. The number of carbonyl (C=O) groups is 1. The lowest BCUT2D eigenvalue weighted by Crippen LogP contribution is -2.44. The maximum Gasteiger partial charge on any atom is 0.244 e. The van der Waals surface area contributed by atoms with Crippen molar-refractivity contribution < 1.29 is 9.18 Å². The normalized spacial score (nSPS) is 17.6. The van der Waals surface area contributed by atoms with E-state index in [2.05, 4.69) is 0 Å². The fourth-order valence-corrected chi connectivity index (χ4v) is 3.20. The Morgan fingerprint density at radius 2 is 2.05 bits per heavy atom. The summed E-state index contributed by atoms with van der Waals surface area (Å²) in [6.07, 6.45) is 0. The molecule has 1 aliphatic heterocycles. The summed E-state index contributed by atoms with van der Waals surface area (Å²) < 4.78 is 13.3. The van der Waals surface area contributed by atoms with Gasteiger partial charge in [-0.2, -0.15) is 11.8 Å². The lowest BCUT2D eigenvalue weighted by atomic mass is 10.0. The molecule has 1 heterocycles. The number of hydrogen-bond donors (Lipinski definition) is 0. The van der Waals surface area contributed by atoms with Crippen LogP contribution in [0.5, 0.6) is 0 Å². The van der Waals surface area contributed by atoms with Gasteiger partial charge in [-0.25, -0.2) is 4.39 Å². The number of hydrogen-bond acceptors (Lipinski definition) is 3. The molecule has 0 saturated carbocycles. The summed E-state index contributed by atoms with van der Waals surface area (Å²) in [5.41, 5.74) is 0.716. The molecule has 0 N–H and O–H groups in total. The lowest BCUT2D eigenvalue weighted by Gasteiger charge is -2.33. The monoisotopic (exact) mass is 282 g/mol. The van der Waals surface area contributed by atoms with E-state index in [1.807, 2.05) is 41.7 Å². The number of amides is 1. The van der Waals surface area contributed by atoms with Crippen molar-refractivity contribution in [2.24, 2.45) is 0 Å². The maximum atomic E-state index is 13.3. The van der Waals surface area contributed by atoms with Crippen LogP contribution < -0.4 is 0 Å². The summed E-state index contributed by atoms with van der Waals surface area (Å²) >= 11 is 1.87. The van der Waals surface area contributed by atoms with Gasteiger partial charge in [0.05, 0.1) is 0 Å². The van der Waals surface area contributed by atoms with Crippen LogP contribution in [-0.2, 0) is 4.79 Å². The number of thioether (sulfide) groups is 1. The topological polar surface area (TPSA) is 23.6 Å². The van der Waals surface area contributed by atoms with E-state index in [0.29, 0.717) is 5.56 Å². The van der Waals surface area contributed by atoms with Gasteiger partial charge in [-0.15, -0.1) is 0 Å². The van der Waals surface area contributed by atoms with E-state index in [4.69, 9.17) is 0 Å². The van der Waals surface area contributed by atoms with Gasteiger partial charge in [0.15, 0.2) is 0 Å². The molecule has 0 unspecified atom stereocenters. The molecule has 1 aromatic rings. The highest BCUT2D eigenvalue weighted by molar-refractivity contribution is 7.99. The number of likely N-dealkylation sites (N-methyl/N-ethyl adjacent to an activating group) is 1. The molecular weight excluding hydrogens is 263 g/mol. The summed E-state index contributed by atoms with van der Waals surface area (Å²) in [5, 5.41) is 0. The first-order valence-corrected chi connectivity index (χ1v) is 7.53. The average molecular weight is 282 g/mol. The predicted octanol–water partition coefficient (Wildman–Crippen LogP) is 2.00. The van der Waals surface area contributed by atoms with Crippen LogP contribution in [0.2, 0.25) is 0 Å². The zero-order valence-corrected chi connectivity index (χ0v) is 12.1. The Morgan fingerprint density at radius 3 is 2.63 bits per heavy atom.